The van der Waals surface area contributed by atoms with Gasteiger partial charge in [-0.1, -0.05) is 6.92 Å². The number of nitrogens with zero attached hydrogens (tertiary/aromatic N) is 8. The maximum atomic E-state index is 14.5. The zero-order valence-corrected chi connectivity index (χ0v) is 28.7. The minimum atomic E-state index is -4.89. The molecular weight excluding hydrogens is 674 g/mol. The summed E-state index contributed by atoms with van der Waals surface area (Å²) >= 11 is 0. The molecule has 3 aromatic heterocycles. The molecule has 274 valence electrons. The number of anilines is 4. The molecule has 4 aromatic rings. The molecule has 0 radical (unpaired) electrons. The molecule has 5 heterocycles. The van der Waals surface area contributed by atoms with Crippen LogP contribution in [-0.4, -0.2) is 86.7 Å². The van der Waals surface area contributed by atoms with Crippen molar-refractivity contribution >= 4 is 34.7 Å². The highest BCUT2D eigenvalue weighted by atomic mass is 19.4. The van der Waals surface area contributed by atoms with Gasteiger partial charge in [-0.25, -0.2) is 9.07 Å². The number of hydrogen-bond acceptors (Lipinski definition) is 9. The number of halogens is 4. The molecule has 1 amide bonds. The Morgan fingerprint density at radius 2 is 1.80 bits per heavy atom. The van der Waals surface area contributed by atoms with Gasteiger partial charge in [0, 0.05) is 63.7 Å². The van der Waals surface area contributed by atoms with Gasteiger partial charge in [-0.2, -0.15) is 22.7 Å². The number of hydrogen-bond donors (Lipinski definition) is 3. The summed E-state index contributed by atoms with van der Waals surface area (Å²) in [6.45, 7) is 8.71. The molecule has 2 aliphatic heterocycles. The molecule has 0 unspecified atom stereocenters. The van der Waals surface area contributed by atoms with Crippen molar-refractivity contribution in [2.45, 2.75) is 71.3 Å². The van der Waals surface area contributed by atoms with Crippen LogP contribution in [0.4, 0.5) is 40.6 Å². The van der Waals surface area contributed by atoms with Gasteiger partial charge in [0.15, 0.2) is 0 Å². The number of nitrogens with one attached hydrogen (secondary N) is 3. The number of piperazine rings is 2. The summed E-state index contributed by atoms with van der Waals surface area (Å²) in [6.07, 6.45) is 0.223. The summed E-state index contributed by atoms with van der Waals surface area (Å²) in [7, 11) is 0. The van der Waals surface area contributed by atoms with Crippen LogP contribution in [0.2, 0.25) is 0 Å². The van der Waals surface area contributed by atoms with E-state index < -0.39 is 29.0 Å². The largest absolute Gasteiger partial charge is 0.419 e. The first-order chi connectivity index (χ1) is 24.3. The van der Waals surface area contributed by atoms with Gasteiger partial charge in [0.05, 0.1) is 17.3 Å². The van der Waals surface area contributed by atoms with E-state index in [4.69, 9.17) is 4.98 Å². The number of fused-ring (bicyclic) bond motifs is 1. The highest BCUT2D eigenvalue weighted by molar-refractivity contribution is 5.91. The summed E-state index contributed by atoms with van der Waals surface area (Å²) in [6, 6.07) is 1.36. The Labute approximate surface area is 290 Å². The first-order valence-corrected chi connectivity index (χ1v) is 17.3. The van der Waals surface area contributed by atoms with E-state index in [0.29, 0.717) is 87.4 Å². The van der Waals surface area contributed by atoms with Crippen molar-refractivity contribution in [1.29, 1.82) is 0 Å². The Bertz CT molecular complexity index is 2070. The van der Waals surface area contributed by atoms with Gasteiger partial charge in [0.1, 0.15) is 23.7 Å². The Balaban J connectivity index is 1.23. The van der Waals surface area contributed by atoms with Crippen LogP contribution in [0.5, 0.6) is 0 Å². The molecule has 1 saturated carbocycles. The highest BCUT2D eigenvalue weighted by Crippen LogP contribution is 2.34. The van der Waals surface area contributed by atoms with Gasteiger partial charge in [0.2, 0.25) is 17.6 Å². The van der Waals surface area contributed by atoms with E-state index in [1.165, 1.54) is 11.4 Å². The fraction of sp³-hybridized carbons (Fsp3) is 0.545. The van der Waals surface area contributed by atoms with Gasteiger partial charge < -0.3 is 35.0 Å². The van der Waals surface area contributed by atoms with Gasteiger partial charge >= 0.3 is 6.18 Å². The number of rotatable bonds is 8. The van der Waals surface area contributed by atoms with Crippen LogP contribution in [0.1, 0.15) is 56.0 Å². The predicted molar refractivity (Wildman–Crippen MR) is 183 cm³/mol. The van der Waals surface area contributed by atoms with E-state index in [0.717, 1.165) is 19.3 Å². The molecule has 1 aliphatic carbocycles. The molecule has 1 atom stereocenters. The second kappa shape index (κ2) is 13.4. The van der Waals surface area contributed by atoms with E-state index in [2.05, 4.69) is 20.8 Å². The van der Waals surface area contributed by atoms with Crippen molar-refractivity contribution in [3.63, 3.8) is 0 Å². The molecular formula is C33H41F4N11O3. The minimum absolute atomic E-state index is 0.0377. The van der Waals surface area contributed by atoms with Gasteiger partial charge in [0.25, 0.3) is 11.1 Å². The first kappa shape index (κ1) is 34.6. The number of amides is 1. The topological polar surface area (TPSA) is 141 Å². The van der Waals surface area contributed by atoms with E-state index >= 15 is 0 Å². The summed E-state index contributed by atoms with van der Waals surface area (Å²) < 4.78 is 58.9. The smallest absolute Gasteiger partial charge is 0.362 e. The van der Waals surface area contributed by atoms with Gasteiger partial charge in [-0.15, -0.1) is 5.10 Å². The number of aryl methyl sites for hydroxylation is 1. The molecule has 3 aliphatic rings. The lowest BCUT2D eigenvalue weighted by Gasteiger charge is -2.41. The lowest BCUT2D eigenvalue weighted by Crippen LogP contribution is -2.55. The second-order valence-electron chi connectivity index (χ2n) is 13.5. The van der Waals surface area contributed by atoms with Crippen LogP contribution >= 0.6 is 0 Å². The summed E-state index contributed by atoms with van der Waals surface area (Å²) in [5.41, 5.74) is -0.493. The van der Waals surface area contributed by atoms with Crippen LogP contribution in [0, 0.1) is 12.7 Å². The molecule has 0 spiro atoms. The number of aromatic amines is 1. The van der Waals surface area contributed by atoms with Crippen LogP contribution in [-0.2, 0) is 23.9 Å². The summed E-state index contributed by atoms with van der Waals surface area (Å²) in [4.78, 5) is 51.9. The fourth-order valence-corrected chi connectivity index (χ4v) is 7.30. The Hall–Kier alpha value is -4.87. The van der Waals surface area contributed by atoms with E-state index in [-0.39, 0.29) is 41.2 Å². The van der Waals surface area contributed by atoms with E-state index in [9.17, 15) is 31.9 Å². The Morgan fingerprint density at radius 1 is 1.06 bits per heavy atom. The summed E-state index contributed by atoms with van der Waals surface area (Å²) in [5.74, 6) is -1.69. The lowest BCUT2D eigenvalue weighted by atomic mass is 9.93. The fourth-order valence-electron chi connectivity index (χ4n) is 7.30. The van der Waals surface area contributed by atoms with E-state index in [1.54, 1.807) is 15.4 Å². The average molecular weight is 716 g/mol. The van der Waals surface area contributed by atoms with Crippen molar-refractivity contribution in [3.8, 4) is 0 Å². The van der Waals surface area contributed by atoms with Gasteiger partial charge in [-0.05, 0) is 57.2 Å². The van der Waals surface area contributed by atoms with Gasteiger partial charge in [-0.3, -0.25) is 14.4 Å². The monoisotopic (exact) mass is 715 g/mol. The van der Waals surface area contributed by atoms with Crippen LogP contribution in [0.3, 0.4) is 0 Å². The normalized spacial score (nSPS) is 18.8. The minimum Gasteiger partial charge on any atom is -0.362 e. The number of H-pyrrole nitrogens is 1. The van der Waals surface area contributed by atoms with Crippen molar-refractivity contribution in [3.05, 3.63) is 61.7 Å². The molecule has 51 heavy (non-hydrogen) atoms. The standard InChI is InChI=1S/C33H41F4N11O3/c1-4-25-28(44-12-13-45(20(3)17-44)26-16-39-47(29(26)50)21-6-5-7-21)30(51)48-32(41-31(42-48)43-10-8-38-9-11-43)46(25)18-27(49)40-24-15-23(34)22(14-19(24)2)33(35,36)37/h14-16,20-21,38-39H,4-13,17-18H2,1-3H3,(H,40,49)/t20-/m1/s1. The third-order valence-corrected chi connectivity index (χ3v) is 10.2. The third kappa shape index (κ3) is 6.33. The zero-order chi connectivity index (χ0) is 36.2. The highest BCUT2D eigenvalue weighted by Gasteiger charge is 2.36. The lowest BCUT2D eigenvalue weighted by molar-refractivity contribution is -0.140. The van der Waals surface area contributed by atoms with Crippen molar-refractivity contribution in [2.24, 2.45) is 0 Å². The molecule has 1 aromatic carbocycles. The first-order valence-electron chi connectivity index (χ1n) is 17.3. The second-order valence-corrected chi connectivity index (χ2v) is 13.5. The van der Waals surface area contributed by atoms with Crippen molar-refractivity contribution in [1.82, 2.24) is 34.3 Å². The number of carbonyl (C=O) groups is 1. The molecule has 7 rings (SSSR count). The van der Waals surface area contributed by atoms with Crippen LogP contribution in [0.25, 0.3) is 5.78 Å². The zero-order valence-electron chi connectivity index (χ0n) is 28.7. The molecule has 0 bridgehead atoms. The van der Waals surface area contributed by atoms with Crippen molar-refractivity contribution in [2.75, 3.05) is 65.8 Å². The number of carbonyl (C=O) groups excluding carboxylic acids is 1. The molecule has 3 fully saturated rings. The average Bonchev–Trinajstić information content (AvgIpc) is 3.67. The maximum absolute atomic E-state index is 14.5. The summed E-state index contributed by atoms with van der Waals surface area (Å²) in [5, 5.41) is 13.6. The Morgan fingerprint density at radius 3 is 2.45 bits per heavy atom. The van der Waals surface area contributed by atoms with Crippen LogP contribution in [0.15, 0.2) is 27.9 Å². The SMILES string of the molecule is CCc1c(N2CCN(c3c[nH]n(C4CCC4)c3=O)[C@H](C)C2)c(=O)n2nc(N3CCNCC3)nc2n1CC(=O)Nc1cc(F)c(C(F)(F)F)cc1C. The molecule has 2 saturated heterocycles. The van der Waals surface area contributed by atoms with E-state index in [1.807, 2.05) is 28.5 Å². The van der Waals surface area contributed by atoms with Crippen LogP contribution < -0.4 is 36.5 Å². The molecule has 3 N–H and O–H groups in total. The molecule has 14 nitrogen and oxygen atoms in total. The maximum Gasteiger partial charge on any atom is 0.419 e. The third-order valence-electron chi connectivity index (χ3n) is 10.2. The Kier molecular flexibility index (Phi) is 9.05. The number of aromatic nitrogens is 6. The quantitative estimate of drug-likeness (QED) is 0.235. The number of benzene rings is 1. The van der Waals surface area contributed by atoms with Crippen molar-refractivity contribution < 1.29 is 22.4 Å². The number of alkyl halides is 3. The predicted octanol–water partition coefficient (Wildman–Crippen LogP) is 2.90. The molecule has 18 heteroatoms.